The van der Waals surface area contributed by atoms with Crippen LogP contribution in [0.3, 0.4) is 0 Å². The molecule has 4 saturated carbocycles. The van der Waals surface area contributed by atoms with Crippen molar-refractivity contribution in [1.82, 2.24) is 0 Å². The van der Waals surface area contributed by atoms with Crippen molar-refractivity contribution in [2.45, 2.75) is 84.3 Å². The Kier molecular flexibility index (Phi) is 3.93. The van der Waals surface area contributed by atoms with Gasteiger partial charge in [0.1, 0.15) is 5.78 Å². The Labute approximate surface area is 146 Å². The molecule has 0 aliphatic heterocycles. The highest BCUT2D eigenvalue weighted by Gasteiger charge is 2.63. The number of hydrogen-bond acceptors (Lipinski definition) is 3. The fraction of sp³-hybridized carbons (Fsp3) is 0.952. The summed E-state index contributed by atoms with van der Waals surface area (Å²) in [5.41, 5.74) is 0.104. The fourth-order valence-electron chi connectivity index (χ4n) is 7.88. The second-order valence-corrected chi connectivity index (χ2v) is 10.0. The first-order valence-electron chi connectivity index (χ1n) is 10.2. The lowest BCUT2D eigenvalue weighted by atomic mass is 9.44. The van der Waals surface area contributed by atoms with Crippen molar-refractivity contribution in [3.05, 3.63) is 0 Å². The predicted octanol–water partition coefficient (Wildman–Crippen LogP) is 3.57. The summed E-state index contributed by atoms with van der Waals surface area (Å²) in [4.78, 5) is 13.3. The van der Waals surface area contributed by atoms with E-state index in [-0.39, 0.29) is 34.9 Å². The Bertz CT molecular complexity index is 529. The third-order valence-electron chi connectivity index (χ3n) is 8.98. The predicted molar refractivity (Wildman–Crippen MR) is 93.3 cm³/mol. The highest BCUT2D eigenvalue weighted by Crippen LogP contribution is 2.66. The van der Waals surface area contributed by atoms with Crippen LogP contribution in [0.4, 0.5) is 0 Å². The van der Waals surface area contributed by atoms with Crippen LogP contribution in [0.2, 0.25) is 0 Å². The van der Waals surface area contributed by atoms with Crippen LogP contribution in [0.5, 0.6) is 0 Å². The van der Waals surface area contributed by atoms with E-state index in [0.717, 1.165) is 32.1 Å². The molecule has 0 saturated heterocycles. The van der Waals surface area contributed by atoms with Gasteiger partial charge in [0.2, 0.25) is 0 Å². The van der Waals surface area contributed by atoms with Gasteiger partial charge < -0.3 is 10.2 Å². The van der Waals surface area contributed by atoms with Crippen LogP contribution in [0.25, 0.3) is 0 Å². The molecule has 3 heteroatoms. The molecule has 0 amide bonds. The molecule has 6 unspecified atom stereocenters. The number of hydrogen-bond donors (Lipinski definition) is 2. The van der Waals surface area contributed by atoms with Gasteiger partial charge in [0.15, 0.2) is 0 Å². The summed E-state index contributed by atoms with van der Waals surface area (Å²) in [7, 11) is 0. The summed E-state index contributed by atoms with van der Waals surface area (Å²) >= 11 is 0. The number of fused-ring (bicyclic) bond motifs is 5. The number of Topliss-reactive ketones (excluding diaryl/α,β-unsaturated/α-hetero) is 1. The van der Waals surface area contributed by atoms with Crippen molar-refractivity contribution in [3.63, 3.8) is 0 Å². The van der Waals surface area contributed by atoms with Gasteiger partial charge in [0, 0.05) is 12.3 Å². The first-order valence-corrected chi connectivity index (χ1v) is 10.2. The lowest BCUT2D eigenvalue weighted by molar-refractivity contribution is -0.163. The molecule has 2 N–H and O–H groups in total. The second kappa shape index (κ2) is 5.54. The molecule has 9 atom stereocenters. The molecule has 0 radical (unpaired) electrons. The van der Waals surface area contributed by atoms with Crippen molar-refractivity contribution in [2.75, 3.05) is 0 Å². The van der Waals surface area contributed by atoms with Crippen LogP contribution in [0, 0.1) is 40.4 Å². The van der Waals surface area contributed by atoms with E-state index in [1.54, 1.807) is 0 Å². The SMILES string of the molecule is CC(O)C1CCC2C3CCC4C[C@@H](O)CC[C@@]4(C)C3C(=O)C[C@@]12C. The Balaban J connectivity index is 1.67. The van der Waals surface area contributed by atoms with Crippen molar-refractivity contribution in [1.29, 1.82) is 0 Å². The molecule has 24 heavy (non-hydrogen) atoms. The Morgan fingerprint density at radius 2 is 1.83 bits per heavy atom. The maximum absolute atomic E-state index is 13.3. The molecule has 4 aliphatic rings. The van der Waals surface area contributed by atoms with Gasteiger partial charge in [-0.15, -0.1) is 0 Å². The maximum atomic E-state index is 13.3. The van der Waals surface area contributed by atoms with Crippen LogP contribution in [0.15, 0.2) is 0 Å². The van der Waals surface area contributed by atoms with Crippen molar-refractivity contribution >= 4 is 5.78 Å². The first kappa shape index (κ1) is 17.0. The average molecular weight is 335 g/mol. The van der Waals surface area contributed by atoms with Crippen LogP contribution < -0.4 is 0 Å². The number of carbonyl (C=O) groups excluding carboxylic acids is 1. The van der Waals surface area contributed by atoms with Gasteiger partial charge in [-0.1, -0.05) is 13.8 Å². The van der Waals surface area contributed by atoms with Gasteiger partial charge in [0.05, 0.1) is 12.2 Å². The first-order chi connectivity index (χ1) is 11.3. The topological polar surface area (TPSA) is 57.5 Å². The molecule has 0 bridgehead atoms. The van der Waals surface area contributed by atoms with Crippen LogP contribution >= 0.6 is 0 Å². The molecule has 0 spiro atoms. The number of ketones is 1. The molecule has 0 aromatic carbocycles. The van der Waals surface area contributed by atoms with Crippen LogP contribution in [-0.4, -0.2) is 28.2 Å². The quantitative estimate of drug-likeness (QED) is 0.771. The standard InChI is InChI=1S/C21H34O3/c1-12(22)16-6-7-17-15-5-4-13-10-14(23)8-9-20(13,2)19(15)18(24)11-21(16,17)3/h12-17,19,22-23H,4-11H2,1-3H3/t12?,13?,14-,15?,16?,17?,19?,20+,21-/m0/s1. The van der Waals surface area contributed by atoms with E-state index in [2.05, 4.69) is 13.8 Å². The minimum absolute atomic E-state index is 0.00376. The highest BCUT2D eigenvalue weighted by atomic mass is 16.3. The Morgan fingerprint density at radius 1 is 1.08 bits per heavy atom. The molecule has 0 heterocycles. The largest absolute Gasteiger partial charge is 0.393 e. The van der Waals surface area contributed by atoms with Gasteiger partial charge in [-0.25, -0.2) is 0 Å². The van der Waals surface area contributed by atoms with E-state index in [4.69, 9.17) is 0 Å². The third-order valence-corrected chi connectivity index (χ3v) is 8.98. The van der Waals surface area contributed by atoms with Crippen LogP contribution in [0.1, 0.15) is 72.1 Å². The molecular weight excluding hydrogens is 300 g/mol. The minimum atomic E-state index is -0.305. The molecule has 0 aromatic heterocycles. The molecule has 4 aliphatic carbocycles. The second-order valence-electron chi connectivity index (χ2n) is 10.0. The van der Waals surface area contributed by atoms with Gasteiger partial charge in [0.25, 0.3) is 0 Å². The minimum Gasteiger partial charge on any atom is -0.393 e. The van der Waals surface area contributed by atoms with Gasteiger partial charge >= 0.3 is 0 Å². The molecule has 136 valence electrons. The van der Waals surface area contributed by atoms with Crippen molar-refractivity contribution < 1.29 is 15.0 Å². The summed E-state index contributed by atoms with van der Waals surface area (Å²) in [5, 5.41) is 20.4. The number of rotatable bonds is 1. The molecule has 4 fully saturated rings. The smallest absolute Gasteiger partial charge is 0.137 e. The van der Waals surface area contributed by atoms with E-state index in [1.165, 1.54) is 12.8 Å². The van der Waals surface area contributed by atoms with Gasteiger partial charge in [-0.05, 0) is 86.4 Å². The number of carbonyl (C=O) groups is 1. The third kappa shape index (κ3) is 2.19. The van der Waals surface area contributed by atoms with E-state index >= 15 is 0 Å². The zero-order valence-corrected chi connectivity index (χ0v) is 15.5. The maximum Gasteiger partial charge on any atom is 0.137 e. The molecular formula is C21H34O3. The lowest BCUT2D eigenvalue weighted by Gasteiger charge is -2.60. The van der Waals surface area contributed by atoms with E-state index in [9.17, 15) is 15.0 Å². The van der Waals surface area contributed by atoms with E-state index < -0.39 is 0 Å². The number of aliphatic hydroxyl groups is 2. The Hall–Kier alpha value is -0.410. The summed E-state index contributed by atoms with van der Waals surface area (Å²) in [6.07, 6.45) is 7.56. The summed E-state index contributed by atoms with van der Waals surface area (Å²) in [5.74, 6) is 2.58. The summed E-state index contributed by atoms with van der Waals surface area (Å²) < 4.78 is 0. The van der Waals surface area contributed by atoms with E-state index in [1.807, 2.05) is 6.92 Å². The highest BCUT2D eigenvalue weighted by molar-refractivity contribution is 5.84. The van der Waals surface area contributed by atoms with E-state index in [0.29, 0.717) is 30.0 Å². The summed E-state index contributed by atoms with van der Waals surface area (Å²) in [6, 6.07) is 0. The Morgan fingerprint density at radius 3 is 2.54 bits per heavy atom. The van der Waals surface area contributed by atoms with Gasteiger partial charge in [-0.3, -0.25) is 4.79 Å². The van der Waals surface area contributed by atoms with Crippen molar-refractivity contribution in [2.24, 2.45) is 40.4 Å². The molecule has 4 rings (SSSR count). The average Bonchev–Trinajstić information content (AvgIpc) is 2.84. The summed E-state index contributed by atoms with van der Waals surface area (Å²) in [6.45, 7) is 6.55. The lowest BCUT2D eigenvalue weighted by Crippen LogP contribution is -2.58. The van der Waals surface area contributed by atoms with Crippen LogP contribution in [-0.2, 0) is 4.79 Å². The fourth-order valence-corrected chi connectivity index (χ4v) is 7.88. The van der Waals surface area contributed by atoms with Gasteiger partial charge in [-0.2, -0.15) is 0 Å². The zero-order chi connectivity index (χ0) is 17.3. The van der Waals surface area contributed by atoms with Crippen molar-refractivity contribution in [3.8, 4) is 0 Å². The normalized spacial score (nSPS) is 55.5. The monoisotopic (exact) mass is 334 g/mol. The zero-order valence-electron chi connectivity index (χ0n) is 15.5. The molecule has 3 nitrogen and oxygen atoms in total. The number of aliphatic hydroxyl groups excluding tert-OH is 2. The molecule has 0 aromatic rings.